The van der Waals surface area contributed by atoms with Gasteiger partial charge in [0, 0.05) is 6.04 Å². The molecule has 1 nitrogen and oxygen atoms in total. The Kier molecular flexibility index (Phi) is 0.582. The van der Waals surface area contributed by atoms with Crippen LogP contribution in [0.4, 0.5) is 0 Å². The molecule has 6 heavy (non-hydrogen) atoms. The second-order valence-corrected chi connectivity index (χ2v) is 1.13. The molecule has 0 aromatic rings. The molecule has 0 saturated carbocycles. The van der Waals surface area contributed by atoms with Crippen LogP contribution in [-0.2, 0) is 0 Å². The van der Waals surface area contributed by atoms with Crippen LogP contribution < -0.4 is 5.32 Å². The molecule has 0 saturated heterocycles. The average Bonchev–Trinajstić information content (AvgIpc) is 1.31. The molecule has 0 radical (unpaired) electrons. The Balaban J connectivity index is 2.48. The van der Waals surface area contributed by atoms with Gasteiger partial charge in [0.25, 0.3) is 0 Å². The summed E-state index contributed by atoms with van der Waals surface area (Å²) in [7, 11) is 0. The first-order valence-corrected chi connectivity index (χ1v) is 1.82. The van der Waals surface area contributed by atoms with Crippen molar-refractivity contribution in [3.8, 4) is 12.0 Å². The van der Waals surface area contributed by atoms with Gasteiger partial charge in [-0.25, -0.2) is 0 Å². The van der Waals surface area contributed by atoms with Gasteiger partial charge in [-0.3, -0.25) is 0 Å². The average molecular weight is 79.1 g/mol. The van der Waals surface area contributed by atoms with Crippen molar-refractivity contribution < 1.29 is 0 Å². The fourth-order valence-electron chi connectivity index (χ4n) is 0.273. The number of hydrogen-bond acceptors (Lipinski definition) is 1. The molecule has 0 aromatic heterocycles. The van der Waals surface area contributed by atoms with Crippen LogP contribution in [0.1, 0.15) is 0 Å². The third-order valence-electron chi connectivity index (χ3n) is 0.691. The van der Waals surface area contributed by atoms with Gasteiger partial charge in [0.05, 0.1) is 0 Å². The molecule has 0 fully saturated rings. The number of nitrogens with one attached hydrogen (secondary N) is 1. The Morgan fingerprint density at radius 3 is 2.50 bits per heavy atom. The van der Waals surface area contributed by atoms with E-state index in [4.69, 9.17) is 0 Å². The Hall–Kier alpha value is -0.900. The first-order valence-electron chi connectivity index (χ1n) is 1.82. The lowest BCUT2D eigenvalue weighted by atomic mass is 10.2. The smallest absolute Gasteiger partial charge is 0.115 e. The summed E-state index contributed by atoms with van der Waals surface area (Å²) in [4.78, 5) is 0. The van der Waals surface area contributed by atoms with Crippen LogP contribution in [0.15, 0.2) is 12.7 Å². The molecule has 1 heterocycles. The highest BCUT2D eigenvalue weighted by molar-refractivity contribution is 5.24. The van der Waals surface area contributed by atoms with Crippen LogP contribution in [0.5, 0.6) is 0 Å². The fraction of sp³-hybridized carbons (Fsp3) is 0.200. The van der Waals surface area contributed by atoms with E-state index < -0.39 is 0 Å². The third-order valence-corrected chi connectivity index (χ3v) is 0.691. The monoisotopic (exact) mass is 79.0 g/mol. The number of hydrogen-bond donors (Lipinski definition) is 1. The molecular weight excluding hydrogens is 74.1 g/mol. The summed E-state index contributed by atoms with van der Waals surface area (Å²) in [5, 5.41) is 2.82. The van der Waals surface area contributed by atoms with E-state index in [1.54, 1.807) is 6.08 Å². The second kappa shape index (κ2) is 1.06. The zero-order valence-corrected chi connectivity index (χ0v) is 3.36. The largest absolute Gasteiger partial charge is 0.328 e. The fourth-order valence-corrected chi connectivity index (χ4v) is 0.273. The lowest BCUT2D eigenvalue weighted by Crippen LogP contribution is -2.27. The van der Waals surface area contributed by atoms with E-state index >= 15 is 0 Å². The lowest BCUT2D eigenvalue weighted by Gasteiger charge is -2.07. The van der Waals surface area contributed by atoms with E-state index in [-0.39, 0.29) is 6.04 Å². The molecule has 0 spiro atoms. The highest BCUT2D eigenvalue weighted by Gasteiger charge is 1.98. The quantitative estimate of drug-likeness (QED) is 0.347. The summed E-state index contributed by atoms with van der Waals surface area (Å²) < 4.78 is 0. The van der Waals surface area contributed by atoms with Gasteiger partial charge in [0.2, 0.25) is 0 Å². The van der Waals surface area contributed by atoms with E-state index in [1.807, 2.05) is 0 Å². The molecule has 0 aromatic carbocycles. The topological polar surface area (TPSA) is 12.0 Å². The third kappa shape index (κ3) is 0.271. The molecule has 1 rings (SSSR count). The van der Waals surface area contributed by atoms with Gasteiger partial charge in [0.15, 0.2) is 0 Å². The zero-order valence-electron chi connectivity index (χ0n) is 3.36. The SMILES string of the molecule is C=CC1C#CN1. The molecule has 1 heteroatoms. The van der Waals surface area contributed by atoms with E-state index in [0.717, 1.165) is 0 Å². The highest BCUT2D eigenvalue weighted by Crippen LogP contribution is 1.84. The second-order valence-electron chi connectivity index (χ2n) is 1.13. The van der Waals surface area contributed by atoms with E-state index in [1.165, 1.54) is 0 Å². The summed E-state index contributed by atoms with van der Waals surface area (Å²) in [5.74, 6) is 2.82. The van der Waals surface area contributed by atoms with Crippen molar-refractivity contribution in [1.82, 2.24) is 5.32 Å². The van der Waals surface area contributed by atoms with E-state index in [0.29, 0.717) is 0 Å². The summed E-state index contributed by atoms with van der Waals surface area (Å²) >= 11 is 0. The van der Waals surface area contributed by atoms with Crippen molar-refractivity contribution in [3.05, 3.63) is 12.7 Å². The molecule has 0 aliphatic carbocycles. The first kappa shape index (κ1) is 3.30. The summed E-state index contributed by atoms with van der Waals surface area (Å²) in [6, 6.07) is 2.91. The zero-order chi connectivity index (χ0) is 4.41. The maximum Gasteiger partial charge on any atom is 0.115 e. The van der Waals surface area contributed by atoms with Gasteiger partial charge in [-0.2, -0.15) is 0 Å². The lowest BCUT2D eigenvalue weighted by molar-refractivity contribution is 0.844. The van der Waals surface area contributed by atoms with Crippen molar-refractivity contribution in [3.63, 3.8) is 0 Å². The minimum absolute atomic E-state index is 0.269. The van der Waals surface area contributed by atoms with Crippen LogP contribution in [0, 0.1) is 12.0 Å². The van der Waals surface area contributed by atoms with Crippen molar-refractivity contribution in [2.24, 2.45) is 0 Å². The predicted molar refractivity (Wildman–Crippen MR) is 24.9 cm³/mol. The van der Waals surface area contributed by atoms with Crippen LogP contribution in [0.2, 0.25) is 0 Å². The van der Waals surface area contributed by atoms with Crippen LogP contribution >= 0.6 is 0 Å². The van der Waals surface area contributed by atoms with Gasteiger partial charge < -0.3 is 5.32 Å². The van der Waals surface area contributed by atoms with E-state index in [9.17, 15) is 0 Å². The predicted octanol–water partition coefficient (Wildman–Crippen LogP) is 0.105. The first-order chi connectivity index (χ1) is 2.93. The molecule has 1 aliphatic rings. The summed E-state index contributed by atoms with van der Waals surface area (Å²) in [6.45, 7) is 3.52. The van der Waals surface area contributed by atoms with Crippen molar-refractivity contribution in [2.75, 3.05) is 0 Å². The molecule has 0 amide bonds. The van der Waals surface area contributed by atoms with Gasteiger partial charge in [-0.15, -0.1) is 6.58 Å². The Morgan fingerprint density at radius 1 is 1.83 bits per heavy atom. The Morgan fingerprint density at radius 2 is 2.50 bits per heavy atom. The molecule has 1 N–H and O–H groups in total. The van der Waals surface area contributed by atoms with Gasteiger partial charge >= 0.3 is 0 Å². The van der Waals surface area contributed by atoms with Crippen molar-refractivity contribution in [1.29, 1.82) is 0 Å². The molecule has 0 bridgehead atoms. The molecule has 1 atom stereocenters. The Bertz CT molecular complexity index is 116. The highest BCUT2D eigenvalue weighted by atomic mass is 14.9. The molecule has 1 unspecified atom stereocenters. The minimum atomic E-state index is 0.269. The maximum atomic E-state index is 3.52. The Labute approximate surface area is 37.1 Å². The molecule has 30 valence electrons. The van der Waals surface area contributed by atoms with Crippen LogP contribution in [0.3, 0.4) is 0 Å². The molecule has 1 aliphatic heterocycles. The van der Waals surface area contributed by atoms with E-state index in [2.05, 4.69) is 23.9 Å². The number of rotatable bonds is 1. The summed E-state index contributed by atoms with van der Waals surface area (Å²) in [5.41, 5.74) is 0. The standard InChI is InChI=1S/C5H5N/c1-2-5-3-4-6-5/h2,5-6H,1H2. The van der Waals surface area contributed by atoms with Crippen LogP contribution in [-0.4, -0.2) is 6.04 Å². The maximum absolute atomic E-state index is 3.52. The van der Waals surface area contributed by atoms with Gasteiger partial charge in [-0.05, 0) is 0 Å². The van der Waals surface area contributed by atoms with Crippen LogP contribution in [0.25, 0.3) is 0 Å². The van der Waals surface area contributed by atoms with Gasteiger partial charge in [-0.1, -0.05) is 12.0 Å². The minimum Gasteiger partial charge on any atom is -0.328 e. The molecular formula is C5H5N. The van der Waals surface area contributed by atoms with Crippen molar-refractivity contribution in [2.45, 2.75) is 6.04 Å². The summed E-state index contributed by atoms with van der Waals surface area (Å²) in [6.07, 6.45) is 1.77. The normalized spacial score (nSPS) is 25.0. The van der Waals surface area contributed by atoms with Gasteiger partial charge in [0.1, 0.15) is 6.04 Å². The van der Waals surface area contributed by atoms with Crippen molar-refractivity contribution >= 4 is 0 Å².